The topological polar surface area (TPSA) is 132 Å². The zero-order valence-corrected chi connectivity index (χ0v) is 21.0. The van der Waals surface area contributed by atoms with Crippen LogP contribution in [-0.4, -0.2) is 53.4 Å². The van der Waals surface area contributed by atoms with E-state index in [0.29, 0.717) is 16.6 Å². The van der Waals surface area contributed by atoms with Gasteiger partial charge in [-0.2, -0.15) is 0 Å². The number of rotatable bonds is 9. The molecule has 0 spiro atoms. The molecule has 0 saturated heterocycles. The van der Waals surface area contributed by atoms with E-state index in [9.17, 15) is 22.8 Å². The van der Waals surface area contributed by atoms with Crippen LogP contribution in [-0.2, 0) is 26.0 Å². The number of hydrogen-bond acceptors (Lipinski definition) is 5. The molecule has 0 radical (unpaired) electrons. The lowest BCUT2D eigenvalue weighted by atomic mass is 10.2. The van der Waals surface area contributed by atoms with Crippen LogP contribution >= 0.6 is 0 Å². The highest BCUT2D eigenvalue weighted by atomic mass is 32.2. The molecular formula is C25H30N4O5S. The van der Waals surface area contributed by atoms with Gasteiger partial charge in [-0.05, 0) is 58.0 Å². The number of primary amides is 1. The number of para-hydroxylation sites is 1. The minimum atomic E-state index is -4.03. The lowest BCUT2D eigenvalue weighted by Crippen LogP contribution is -2.43. The highest BCUT2D eigenvalue weighted by molar-refractivity contribution is 7.92. The summed E-state index contributed by atoms with van der Waals surface area (Å²) in [4.78, 5) is 38.5. The van der Waals surface area contributed by atoms with Gasteiger partial charge in [-0.1, -0.05) is 18.2 Å². The van der Waals surface area contributed by atoms with Crippen molar-refractivity contribution in [3.63, 3.8) is 0 Å². The summed E-state index contributed by atoms with van der Waals surface area (Å²) in [6.07, 6.45) is 1.42. The lowest BCUT2D eigenvalue weighted by molar-refractivity contribution is -0.135. The number of nitrogens with two attached hydrogens (primary N) is 1. The quantitative estimate of drug-likeness (QED) is 0.468. The molecule has 3 amide bonds. The standard InChI is InChI=1S/C25H30N4O5S/c1-16(2)29(17(3)4)24(31)14-28-13-22(20-7-5-6-8-21(20)28)35(33,34)15-23(30)27-19-11-9-18(10-12-19)25(26)32/h5-13,16-17H,14-15H2,1-4H3,(H2,26,32)(H,27,30). The molecular weight excluding hydrogens is 468 g/mol. The number of aromatic nitrogens is 1. The predicted octanol–water partition coefficient (Wildman–Crippen LogP) is 2.80. The Morgan fingerprint density at radius 1 is 0.971 bits per heavy atom. The Bertz CT molecular complexity index is 1350. The number of carbonyl (C=O) groups excluding carboxylic acids is 3. The first-order valence-electron chi connectivity index (χ1n) is 11.2. The zero-order chi connectivity index (χ0) is 25.9. The van der Waals surface area contributed by atoms with Crippen LogP contribution in [0.3, 0.4) is 0 Å². The largest absolute Gasteiger partial charge is 0.366 e. The maximum atomic E-state index is 13.2. The molecule has 3 aromatic rings. The minimum Gasteiger partial charge on any atom is -0.366 e. The maximum Gasteiger partial charge on any atom is 0.248 e. The number of nitrogens with zero attached hydrogens (tertiary/aromatic N) is 2. The number of anilines is 1. The molecule has 9 nitrogen and oxygen atoms in total. The summed E-state index contributed by atoms with van der Waals surface area (Å²) in [5.74, 6) is -2.24. The molecule has 1 aromatic heterocycles. The van der Waals surface area contributed by atoms with E-state index in [-0.39, 0.29) is 35.0 Å². The van der Waals surface area contributed by atoms with Gasteiger partial charge in [0.15, 0.2) is 9.84 Å². The highest BCUT2D eigenvalue weighted by Crippen LogP contribution is 2.27. The Balaban J connectivity index is 1.86. The number of carbonyl (C=O) groups is 3. The van der Waals surface area contributed by atoms with E-state index in [1.54, 1.807) is 33.7 Å². The Kier molecular flexibility index (Phi) is 7.64. The van der Waals surface area contributed by atoms with Crippen molar-refractivity contribution in [2.75, 3.05) is 11.1 Å². The smallest absolute Gasteiger partial charge is 0.248 e. The van der Waals surface area contributed by atoms with Crippen molar-refractivity contribution in [3.05, 3.63) is 60.3 Å². The molecule has 35 heavy (non-hydrogen) atoms. The maximum absolute atomic E-state index is 13.2. The average molecular weight is 499 g/mol. The molecule has 186 valence electrons. The number of sulfone groups is 1. The van der Waals surface area contributed by atoms with E-state index >= 15 is 0 Å². The van der Waals surface area contributed by atoms with E-state index in [0.717, 1.165) is 0 Å². The molecule has 10 heteroatoms. The van der Waals surface area contributed by atoms with E-state index < -0.39 is 27.4 Å². The SMILES string of the molecule is CC(C)N(C(=O)Cn1cc(S(=O)(=O)CC(=O)Nc2ccc(C(N)=O)cc2)c2ccccc21)C(C)C. The van der Waals surface area contributed by atoms with Gasteiger partial charge < -0.3 is 20.5 Å². The van der Waals surface area contributed by atoms with Crippen LogP contribution < -0.4 is 11.1 Å². The number of nitrogens with one attached hydrogen (secondary N) is 1. The van der Waals surface area contributed by atoms with Gasteiger partial charge in [0, 0.05) is 40.4 Å². The van der Waals surface area contributed by atoms with Crippen LogP contribution in [0, 0.1) is 0 Å². The summed E-state index contributed by atoms with van der Waals surface area (Å²) in [5.41, 5.74) is 6.41. The third-order valence-electron chi connectivity index (χ3n) is 5.57. The summed E-state index contributed by atoms with van der Waals surface area (Å²) >= 11 is 0. The minimum absolute atomic E-state index is 0.00624. The van der Waals surface area contributed by atoms with Gasteiger partial charge in [0.2, 0.25) is 17.7 Å². The molecule has 0 fully saturated rings. The van der Waals surface area contributed by atoms with Crippen LogP contribution in [0.25, 0.3) is 10.9 Å². The summed E-state index contributed by atoms with van der Waals surface area (Å²) in [6.45, 7) is 7.71. The molecule has 0 bridgehead atoms. The van der Waals surface area contributed by atoms with Crippen molar-refractivity contribution in [1.82, 2.24) is 9.47 Å². The summed E-state index contributed by atoms with van der Waals surface area (Å²) in [7, 11) is -4.03. The van der Waals surface area contributed by atoms with Crippen molar-refractivity contribution >= 4 is 44.1 Å². The molecule has 0 aliphatic carbocycles. The molecule has 0 atom stereocenters. The number of fused-ring (bicyclic) bond motifs is 1. The Morgan fingerprint density at radius 2 is 1.57 bits per heavy atom. The van der Waals surface area contributed by atoms with Gasteiger partial charge in [-0.15, -0.1) is 0 Å². The molecule has 0 aliphatic rings. The lowest BCUT2D eigenvalue weighted by Gasteiger charge is -2.31. The van der Waals surface area contributed by atoms with Gasteiger partial charge in [0.1, 0.15) is 12.3 Å². The first kappa shape index (κ1) is 26.0. The highest BCUT2D eigenvalue weighted by Gasteiger charge is 2.26. The van der Waals surface area contributed by atoms with Gasteiger partial charge in [0.25, 0.3) is 0 Å². The summed E-state index contributed by atoms with van der Waals surface area (Å²) < 4.78 is 28.0. The Morgan fingerprint density at radius 3 is 2.14 bits per heavy atom. The first-order chi connectivity index (χ1) is 16.4. The normalized spacial score (nSPS) is 11.7. The number of amides is 3. The summed E-state index contributed by atoms with van der Waals surface area (Å²) in [5, 5.41) is 2.97. The second-order valence-electron chi connectivity index (χ2n) is 8.88. The first-order valence-corrected chi connectivity index (χ1v) is 12.9. The number of hydrogen-bond donors (Lipinski definition) is 2. The molecule has 0 aliphatic heterocycles. The Labute approximate surface area is 204 Å². The van der Waals surface area contributed by atoms with Crippen LogP contribution in [0.5, 0.6) is 0 Å². The molecule has 3 N–H and O–H groups in total. The summed E-state index contributed by atoms with van der Waals surface area (Å²) in [6, 6.07) is 12.7. The van der Waals surface area contributed by atoms with E-state index in [2.05, 4.69) is 5.32 Å². The van der Waals surface area contributed by atoms with Crippen LogP contribution in [0.15, 0.2) is 59.6 Å². The van der Waals surface area contributed by atoms with Gasteiger partial charge in [-0.25, -0.2) is 8.42 Å². The van der Waals surface area contributed by atoms with Crippen molar-refractivity contribution < 1.29 is 22.8 Å². The van der Waals surface area contributed by atoms with E-state index in [1.165, 1.54) is 30.5 Å². The Hall–Kier alpha value is -3.66. The predicted molar refractivity (Wildman–Crippen MR) is 135 cm³/mol. The fourth-order valence-electron chi connectivity index (χ4n) is 4.16. The van der Waals surface area contributed by atoms with Crippen LogP contribution in [0.2, 0.25) is 0 Å². The van der Waals surface area contributed by atoms with Gasteiger partial charge >= 0.3 is 0 Å². The average Bonchev–Trinajstić information content (AvgIpc) is 3.12. The van der Waals surface area contributed by atoms with Gasteiger partial charge in [-0.3, -0.25) is 14.4 Å². The van der Waals surface area contributed by atoms with Crippen molar-refractivity contribution in [1.29, 1.82) is 0 Å². The zero-order valence-electron chi connectivity index (χ0n) is 20.2. The van der Waals surface area contributed by atoms with Crippen molar-refractivity contribution in [2.24, 2.45) is 5.73 Å². The molecule has 3 rings (SSSR count). The second-order valence-corrected chi connectivity index (χ2v) is 10.8. The molecule has 2 aromatic carbocycles. The molecule has 1 heterocycles. The molecule has 0 unspecified atom stereocenters. The monoisotopic (exact) mass is 498 g/mol. The van der Waals surface area contributed by atoms with Crippen LogP contribution in [0.1, 0.15) is 38.1 Å². The molecule has 0 saturated carbocycles. The van der Waals surface area contributed by atoms with Crippen molar-refractivity contribution in [2.45, 2.75) is 51.2 Å². The van der Waals surface area contributed by atoms with E-state index in [1.807, 2.05) is 27.7 Å². The number of benzene rings is 2. The second kappa shape index (κ2) is 10.3. The van der Waals surface area contributed by atoms with Crippen molar-refractivity contribution in [3.8, 4) is 0 Å². The third kappa shape index (κ3) is 5.89. The van der Waals surface area contributed by atoms with E-state index in [4.69, 9.17) is 5.73 Å². The van der Waals surface area contributed by atoms with Crippen LogP contribution in [0.4, 0.5) is 5.69 Å². The fraction of sp³-hybridized carbons (Fsp3) is 0.320. The third-order valence-corrected chi connectivity index (χ3v) is 7.21. The van der Waals surface area contributed by atoms with Gasteiger partial charge in [0.05, 0.1) is 4.90 Å². The fourth-order valence-corrected chi connectivity index (χ4v) is 5.52.